The summed E-state index contributed by atoms with van der Waals surface area (Å²) < 4.78 is 18.3. The maximum atomic E-state index is 12.7. The second-order valence-electron chi connectivity index (χ2n) is 7.14. The van der Waals surface area contributed by atoms with Gasteiger partial charge in [0, 0.05) is 35.8 Å². The highest BCUT2D eigenvalue weighted by molar-refractivity contribution is 6.15. The second kappa shape index (κ2) is 7.47. The molecule has 0 bridgehead atoms. The minimum atomic E-state index is -0.450. The summed E-state index contributed by atoms with van der Waals surface area (Å²) in [5.74, 6) is 0.473. The second-order valence-corrected chi connectivity index (χ2v) is 7.14. The van der Waals surface area contributed by atoms with Crippen LogP contribution in [0.1, 0.15) is 29.8 Å². The number of esters is 1. The van der Waals surface area contributed by atoms with E-state index >= 15 is 0 Å². The van der Waals surface area contributed by atoms with Crippen molar-refractivity contribution in [2.24, 2.45) is 7.05 Å². The molecule has 3 aromatic rings. The SMILES string of the molecule is CC(C)OC(=O)COc1ccc2c(c1)OC(=Cc1cn(C)c3ccccc13)C2=O. The van der Waals surface area contributed by atoms with Gasteiger partial charge in [0.15, 0.2) is 12.4 Å². The van der Waals surface area contributed by atoms with Gasteiger partial charge >= 0.3 is 5.97 Å². The number of carbonyl (C=O) groups excluding carboxylic acids is 2. The van der Waals surface area contributed by atoms with Crippen molar-refractivity contribution in [3.05, 3.63) is 65.5 Å². The molecule has 1 aromatic heterocycles. The number of aromatic nitrogens is 1. The quantitative estimate of drug-likeness (QED) is 0.483. The Balaban J connectivity index is 1.55. The van der Waals surface area contributed by atoms with Crippen molar-refractivity contribution in [1.29, 1.82) is 0 Å². The Hall–Kier alpha value is -3.54. The van der Waals surface area contributed by atoms with Crippen LogP contribution in [0.3, 0.4) is 0 Å². The monoisotopic (exact) mass is 391 g/mol. The predicted octanol–water partition coefficient (Wildman–Crippen LogP) is 4.12. The van der Waals surface area contributed by atoms with E-state index in [1.807, 2.05) is 42.1 Å². The summed E-state index contributed by atoms with van der Waals surface area (Å²) in [7, 11) is 1.96. The molecule has 2 aromatic carbocycles. The molecular weight excluding hydrogens is 370 g/mol. The van der Waals surface area contributed by atoms with Crippen molar-refractivity contribution in [1.82, 2.24) is 4.57 Å². The summed E-state index contributed by atoms with van der Waals surface area (Å²) in [6.07, 6.45) is 3.52. The average Bonchev–Trinajstić information content (AvgIpc) is 3.17. The normalized spacial score (nSPS) is 14.3. The lowest BCUT2D eigenvalue weighted by atomic mass is 10.1. The van der Waals surface area contributed by atoms with E-state index in [4.69, 9.17) is 14.2 Å². The third-order valence-electron chi connectivity index (χ3n) is 4.58. The largest absolute Gasteiger partial charge is 0.482 e. The molecule has 4 rings (SSSR count). The van der Waals surface area contributed by atoms with Gasteiger partial charge in [-0.2, -0.15) is 0 Å². The van der Waals surface area contributed by atoms with Crippen molar-refractivity contribution in [3.63, 3.8) is 0 Å². The molecule has 148 valence electrons. The number of hydrogen-bond acceptors (Lipinski definition) is 5. The highest BCUT2D eigenvalue weighted by Crippen LogP contribution is 2.35. The lowest BCUT2D eigenvalue weighted by molar-refractivity contribution is -0.149. The zero-order valence-corrected chi connectivity index (χ0v) is 16.5. The summed E-state index contributed by atoms with van der Waals surface area (Å²) in [5.41, 5.74) is 2.45. The van der Waals surface area contributed by atoms with E-state index in [0.29, 0.717) is 17.1 Å². The molecule has 0 amide bonds. The summed E-state index contributed by atoms with van der Waals surface area (Å²) in [4.78, 5) is 24.4. The number of ether oxygens (including phenoxy) is 3. The van der Waals surface area contributed by atoms with Crippen LogP contribution >= 0.6 is 0 Å². The molecule has 0 saturated carbocycles. The van der Waals surface area contributed by atoms with Gasteiger partial charge < -0.3 is 18.8 Å². The third-order valence-corrected chi connectivity index (χ3v) is 4.58. The number of fused-ring (bicyclic) bond motifs is 2. The molecule has 1 aliphatic heterocycles. The minimum absolute atomic E-state index is 0.182. The van der Waals surface area contributed by atoms with Crippen molar-refractivity contribution in [2.75, 3.05) is 6.61 Å². The zero-order chi connectivity index (χ0) is 20.5. The standard InChI is InChI=1S/C23H21NO5/c1-14(2)28-22(25)13-27-16-8-9-18-20(11-16)29-21(23(18)26)10-15-12-24(3)19-7-5-4-6-17(15)19/h4-12,14H,13H2,1-3H3. The molecular formula is C23H21NO5. The molecule has 0 aliphatic carbocycles. The van der Waals surface area contributed by atoms with Crippen molar-refractivity contribution in [3.8, 4) is 11.5 Å². The fourth-order valence-electron chi connectivity index (χ4n) is 3.33. The number of Topliss-reactive ketones (excluding diaryl/α,β-unsaturated/α-hetero) is 1. The maximum Gasteiger partial charge on any atom is 0.344 e. The van der Waals surface area contributed by atoms with Gasteiger partial charge in [0.2, 0.25) is 5.78 Å². The van der Waals surface area contributed by atoms with E-state index in [9.17, 15) is 9.59 Å². The first kappa shape index (κ1) is 18.8. The number of ketones is 1. The van der Waals surface area contributed by atoms with Gasteiger partial charge in [-0.25, -0.2) is 4.79 Å². The molecule has 0 radical (unpaired) electrons. The van der Waals surface area contributed by atoms with Crippen molar-refractivity contribution < 1.29 is 23.8 Å². The van der Waals surface area contributed by atoms with Crippen LogP contribution in [-0.2, 0) is 16.6 Å². The van der Waals surface area contributed by atoms with E-state index in [2.05, 4.69) is 0 Å². The van der Waals surface area contributed by atoms with Crippen LogP contribution in [0.2, 0.25) is 0 Å². The maximum absolute atomic E-state index is 12.7. The molecule has 6 nitrogen and oxygen atoms in total. The molecule has 0 spiro atoms. The zero-order valence-electron chi connectivity index (χ0n) is 16.5. The first-order valence-electron chi connectivity index (χ1n) is 9.37. The van der Waals surface area contributed by atoms with Crippen LogP contribution in [-0.4, -0.2) is 29.0 Å². The number of aryl methyl sites for hydroxylation is 1. The highest BCUT2D eigenvalue weighted by atomic mass is 16.6. The fraction of sp³-hybridized carbons (Fsp3) is 0.217. The number of benzene rings is 2. The Morgan fingerprint density at radius 3 is 2.79 bits per heavy atom. The molecule has 29 heavy (non-hydrogen) atoms. The van der Waals surface area contributed by atoms with Gasteiger partial charge in [0.25, 0.3) is 0 Å². The number of rotatable bonds is 5. The summed E-state index contributed by atoms with van der Waals surface area (Å²) in [6, 6.07) is 12.9. The van der Waals surface area contributed by atoms with E-state index in [1.165, 1.54) is 0 Å². The summed E-state index contributed by atoms with van der Waals surface area (Å²) in [5, 5.41) is 1.04. The number of para-hydroxylation sites is 1. The molecule has 0 unspecified atom stereocenters. The van der Waals surface area contributed by atoms with Gasteiger partial charge in [0.1, 0.15) is 11.5 Å². The number of hydrogen-bond donors (Lipinski definition) is 0. The molecule has 0 N–H and O–H groups in total. The molecule has 1 aliphatic rings. The fourth-order valence-corrected chi connectivity index (χ4v) is 3.33. The number of allylic oxidation sites excluding steroid dienone is 1. The van der Waals surface area contributed by atoms with Crippen LogP contribution in [0.4, 0.5) is 0 Å². The predicted molar refractivity (Wildman–Crippen MR) is 109 cm³/mol. The first-order valence-corrected chi connectivity index (χ1v) is 9.37. The van der Waals surface area contributed by atoms with Crippen molar-refractivity contribution in [2.45, 2.75) is 20.0 Å². The lowest BCUT2D eigenvalue weighted by Crippen LogP contribution is -2.18. The van der Waals surface area contributed by atoms with Gasteiger partial charge in [-0.1, -0.05) is 18.2 Å². The molecule has 0 atom stereocenters. The molecule has 0 saturated heterocycles. The molecule has 0 fully saturated rings. The van der Waals surface area contributed by atoms with Crippen LogP contribution in [0, 0.1) is 0 Å². The van der Waals surface area contributed by atoms with Gasteiger partial charge in [-0.3, -0.25) is 4.79 Å². The van der Waals surface area contributed by atoms with Crippen LogP contribution < -0.4 is 9.47 Å². The highest BCUT2D eigenvalue weighted by Gasteiger charge is 2.28. The third kappa shape index (κ3) is 3.74. The lowest BCUT2D eigenvalue weighted by Gasteiger charge is -2.09. The van der Waals surface area contributed by atoms with Gasteiger partial charge in [-0.05, 0) is 38.1 Å². The number of nitrogens with zero attached hydrogens (tertiary/aromatic N) is 1. The van der Waals surface area contributed by atoms with Crippen molar-refractivity contribution >= 4 is 28.7 Å². The van der Waals surface area contributed by atoms with E-state index in [-0.39, 0.29) is 24.3 Å². The van der Waals surface area contributed by atoms with E-state index in [1.54, 1.807) is 38.1 Å². The first-order chi connectivity index (χ1) is 13.9. The molecule has 6 heteroatoms. The van der Waals surface area contributed by atoms with E-state index < -0.39 is 5.97 Å². The summed E-state index contributed by atoms with van der Waals surface area (Å²) in [6.45, 7) is 3.34. The van der Waals surface area contributed by atoms with Gasteiger partial charge in [-0.15, -0.1) is 0 Å². The molecule has 2 heterocycles. The van der Waals surface area contributed by atoms with Crippen LogP contribution in [0.15, 0.2) is 54.4 Å². The Labute approximate surface area is 168 Å². The average molecular weight is 391 g/mol. The van der Waals surface area contributed by atoms with Crippen LogP contribution in [0.5, 0.6) is 11.5 Å². The minimum Gasteiger partial charge on any atom is -0.482 e. The van der Waals surface area contributed by atoms with Crippen LogP contribution in [0.25, 0.3) is 17.0 Å². The Morgan fingerprint density at radius 1 is 1.21 bits per heavy atom. The van der Waals surface area contributed by atoms with E-state index in [0.717, 1.165) is 16.5 Å². The van der Waals surface area contributed by atoms with Gasteiger partial charge in [0.05, 0.1) is 11.7 Å². The smallest absolute Gasteiger partial charge is 0.344 e. The Kier molecular flexibility index (Phi) is 4.84. The number of carbonyl (C=O) groups is 2. The topological polar surface area (TPSA) is 66.8 Å². The Morgan fingerprint density at radius 2 is 2.00 bits per heavy atom. The Bertz CT molecular complexity index is 1140. The summed E-state index contributed by atoms with van der Waals surface area (Å²) >= 11 is 0.